The van der Waals surface area contributed by atoms with Gasteiger partial charge in [0.1, 0.15) is 23.4 Å². The SMILES string of the molecule is N#C/C(=C/c1ccc(-c2ccccc2F)o1)c1nc2ccccc2c(=O)[nH]1. The number of benzene rings is 2. The van der Waals surface area contributed by atoms with Crippen LogP contribution in [0.3, 0.4) is 0 Å². The third kappa shape index (κ3) is 3.14. The van der Waals surface area contributed by atoms with Crippen molar-refractivity contribution in [2.45, 2.75) is 0 Å². The molecular formula is C21H12FN3O2. The highest BCUT2D eigenvalue weighted by molar-refractivity contribution is 5.88. The molecule has 0 aliphatic rings. The van der Waals surface area contributed by atoms with Gasteiger partial charge in [-0.05, 0) is 36.4 Å². The molecular weight excluding hydrogens is 345 g/mol. The number of aromatic amines is 1. The van der Waals surface area contributed by atoms with E-state index in [1.54, 1.807) is 54.6 Å². The van der Waals surface area contributed by atoms with Crippen LogP contribution >= 0.6 is 0 Å². The quantitative estimate of drug-likeness (QED) is 0.551. The van der Waals surface area contributed by atoms with Gasteiger partial charge in [-0.2, -0.15) is 5.26 Å². The summed E-state index contributed by atoms with van der Waals surface area (Å²) in [5, 5.41) is 9.93. The number of rotatable bonds is 3. The zero-order valence-electron chi connectivity index (χ0n) is 13.9. The first-order chi connectivity index (χ1) is 13.2. The maximum atomic E-state index is 13.9. The molecule has 0 radical (unpaired) electrons. The van der Waals surface area contributed by atoms with Crippen molar-refractivity contribution < 1.29 is 8.81 Å². The van der Waals surface area contributed by atoms with Crippen LogP contribution in [0.25, 0.3) is 33.9 Å². The predicted octanol–water partition coefficient (Wildman–Crippen LogP) is 4.39. The lowest BCUT2D eigenvalue weighted by Gasteiger charge is -2.01. The Morgan fingerprint density at radius 1 is 1.11 bits per heavy atom. The first-order valence-corrected chi connectivity index (χ1v) is 8.11. The van der Waals surface area contributed by atoms with E-state index < -0.39 is 5.82 Å². The molecule has 0 fully saturated rings. The average molecular weight is 357 g/mol. The van der Waals surface area contributed by atoms with Gasteiger partial charge in [0.15, 0.2) is 5.82 Å². The molecule has 5 nitrogen and oxygen atoms in total. The molecule has 1 N–H and O–H groups in total. The van der Waals surface area contributed by atoms with E-state index >= 15 is 0 Å². The maximum absolute atomic E-state index is 13.9. The lowest BCUT2D eigenvalue weighted by molar-refractivity contribution is 0.561. The first-order valence-electron chi connectivity index (χ1n) is 8.11. The second kappa shape index (κ2) is 6.73. The van der Waals surface area contributed by atoms with Crippen LogP contribution in [0.5, 0.6) is 0 Å². The fourth-order valence-electron chi connectivity index (χ4n) is 2.75. The minimum absolute atomic E-state index is 0.132. The van der Waals surface area contributed by atoms with Crippen LogP contribution in [0, 0.1) is 17.1 Å². The predicted molar refractivity (Wildman–Crippen MR) is 99.9 cm³/mol. The number of nitrogens with zero attached hydrogens (tertiary/aromatic N) is 2. The number of H-pyrrole nitrogens is 1. The zero-order valence-corrected chi connectivity index (χ0v) is 13.9. The van der Waals surface area contributed by atoms with Crippen molar-refractivity contribution in [2.24, 2.45) is 0 Å². The lowest BCUT2D eigenvalue weighted by Crippen LogP contribution is -2.11. The molecule has 0 bridgehead atoms. The fourth-order valence-corrected chi connectivity index (χ4v) is 2.75. The number of halogens is 1. The summed E-state index contributed by atoms with van der Waals surface area (Å²) < 4.78 is 19.5. The number of fused-ring (bicyclic) bond motifs is 1. The Bertz CT molecular complexity index is 1280. The Morgan fingerprint density at radius 2 is 1.89 bits per heavy atom. The number of hydrogen-bond donors (Lipinski definition) is 1. The van der Waals surface area contributed by atoms with Crippen LogP contribution in [0.15, 0.2) is 69.9 Å². The number of para-hydroxylation sites is 1. The molecule has 0 saturated heterocycles. The van der Waals surface area contributed by atoms with Crippen molar-refractivity contribution in [3.63, 3.8) is 0 Å². The molecule has 2 aromatic heterocycles. The van der Waals surface area contributed by atoms with Gasteiger partial charge in [0.25, 0.3) is 5.56 Å². The second-order valence-corrected chi connectivity index (χ2v) is 5.78. The topological polar surface area (TPSA) is 82.7 Å². The van der Waals surface area contributed by atoms with Gasteiger partial charge in [-0.25, -0.2) is 9.37 Å². The van der Waals surface area contributed by atoms with E-state index in [9.17, 15) is 14.4 Å². The van der Waals surface area contributed by atoms with Crippen molar-refractivity contribution in [2.75, 3.05) is 0 Å². The van der Waals surface area contributed by atoms with E-state index in [0.717, 1.165) is 0 Å². The van der Waals surface area contributed by atoms with Gasteiger partial charge >= 0.3 is 0 Å². The summed E-state index contributed by atoms with van der Waals surface area (Å²) in [6.45, 7) is 0. The van der Waals surface area contributed by atoms with Gasteiger partial charge < -0.3 is 9.40 Å². The van der Waals surface area contributed by atoms with Crippen LogP contribution in [-0.4, -0.2) is 9.97 Å². The highest BCUT2D eigenvalue weighted by Crippen LogP contribution is 2.26. The van der Waals surface area contributed by atoms with E-state index in [1.165, 1.54) is 12.1 Å². The van der Waals surface area contributed by atoms with Crippen LogP contribution in [0.4, 0.5) is 4.39 Å². The van der Waals surface area contributed by atoms with Gasteiger partial charge in [-0.15, -0.1) is 0 Å². The van der Waals surface area contributed by atoms with Crippen LogP contribution in [-0.2, 0) is 0 Å². The molecule has 0 atom stereocenters. The molecule has 2 heterocycles. The van der Waals surface area contributed by atoms with Crippen molar-refractivity contribution in [1.82, 2.24) is 9.97 Å². The summed E-state index contributed by atoms with van der Waals surface area (Å²) in [6, 6.07) is 18.4. The standard InChI is InChI=1S/C21H12FN3O2/c22-17-7-3-1-5-15(17)19-10-9-14(27-19)11-13(12-23)20-24-18-8-4-2-6-16(18)21(26)25-20/h1-11H,(H,24,25,26)/b13-11-. The Hall–Kier alpha value is -3.98. The summed E-state index contributed by atoms with van der Waals surface area (Å²) in [6.07, 6.45) is 1.46. The molecule has 0 amide bonds. The van der Waals surface area contributed by atoms with E-state index in [1.807, 2.05) is 6.07 Å². The molecule has 2 aromatic carbocycles. The Kier molecular flexibility index (Phi) is 4.11. The average Bonchev–Trinajstić information content (AvgIpc) is 3.15. The number of allylic oxidation sites excluding steroid dienone is 1. The minimum Gasteiger partial charge on any atom is -0.457 e. The lowest BCUT2D eigenvalue weighted by atomic mass is 10.1. The minimum atomic E-state index is -0.400. The monoisotopic (exact) mass is 357 g/mol. The van der Waals surface area contributed by atoms with Crippen LogP contribution < -0.4 is 5.56 Å². The molecule has 0 unspecified atom stereocenters. The van der Waals surface area contributed by atoms with E-state index in [4.69, 9.17) is 4.42 Å². The summed E-state index contributed by atoms with van der Waals surface area (Å²) in [7, 11) is 0. The van der Waals surface area contributed by atoms with E-state index in [2.05, 4.69) is 9.97 Å². The summed E-state index contributed by atoms with van der Waals surface area (Å²) in [4.78, 5) is 19.1. The number of hydrogen-bond acceptors (Lipinski definition) is 4. The Balaban J connectivity index is 1.76. The maximum Gasteiger partial charge on any atom is 0.259 e. The first kappa shape index (κ1) is 16.5. The molecule has 6 heteroatoms. The molecule has 4 aromatic rings. The molecule has 0 aliphatic heterocycles. The Labute approximate surface area is 153 Å². The largest absolute Gasteiger partial charge is 0.457 e. The van der Waals surface area contributed by atoms with Crippen LogP contribution in [0.2, 0.25) is 0 Å². The van der Waals surface area contributed by atoms with Gasteiger partial charge in [0.05, 0.1) is 22.0 Å². The summed E-state index contributed by atoms with van der Waals surface area (Å²) >= 11 is 0. The molecule has 4 rings (SSSR count). The van der Waals surface area contributed by atoms with Gasteiger partial charge in [0, 0.05) is 6.08 Å². The fraction of sp³-hybridized carbons (Fsp3) is 0. The highest BCUT2D eigenvalue weighted by Gasteiger charge is 2.11. The third-order valence-electron chi connectivity index (χ3n) is 4.04. The van der Waals surface area contributed by atoms with E-state index in [0.29, 0.717) is 28.0 Å². The third-order valence-corrected chi connectivity index (χ3v) is 4.04. The van der Waals surface area contributed by atoms with E-state index in [-0.39, 0.29) is 17.0 Å². The van der Waals surface area contributed by atoms with Gasteiger partial charge in [0.2, 0.25) is 0 Å². The Morgan fingerprint density at radius 3 is 2.70 bits per heavy atom. The zero-order chi connectivity index (χ0) is 18.8. The summed E-state index contributed by atoms with van der Waals surface area (Å²) in [5.74, 6) is 0.436. The number of nitriles is 1. The normalized spacial score (nSPS) is 11.5. The number of furan rings is 1. The molecule has 27 heavy (non-hydrogen) atoms. The van der Waals surface area contributed by atoms with Crippen molar-refractivity contribution in [1.29, 1.82) is 5.26 Å². The number of nitrogens with one attached hydrogen (secondary N) is 1. The molecule has 130 valence electrons. The number of aromatic nitrogens is 2. The summed E-state index contributed by atoms with van der Waals surface area (Å²) in [5.41, 5.74) is 0.618. The second-order valence-electron chi connectivity index (χ2n) is 5.78. The molecule has 0 aliphatic carbocycles. The highest BCUT2D eigenvalue weighted by atomic mass is 19.1. The van der Waals surface area contributed by atoms with Crippen molar-refractivity contribution in [3.05, 3.63) is 88.4 Å². The van der Waals surface area contributed by atoms with Gasteiger partial charge in [-0.1, -0.05) is 24.3 Å². The van der Waals surface area contributed by atoms with Gasteiger partial charge in [-0.3, -0.25) is 4.79 Å². The van der Waals surface area contributed by atoms with Crippen molar-refractivity contribution in [3.8, 4) is 17.4 Å². The van der Waals surface area contributed by atoms with Crippen molar-refractivity contribution >= 4 is 22.6 Å². The smallest absolute Gasteiger partial charge is 0.259 e. The molecule has 0 saturated carbocycles. The van der Waals surface area contributed by atoms with Crippen LogP contribution in [0.1, 0.15) is 11.6 Å². The molecule has 0 spiro atoms.